The van der Waals surface area contributed by atoms with Crippen LogP contribution in [0.1, 0.15) is 0 Å². The van der Waals surface area contributed by atoms with Gasteiger partial charge in [-0.15, -0.1) is 10.2 Å². The largest absolute Gasteiger partial charge is 0.481 e. The van der Waals surface area contributed by atoms with E-state index in [2.05, 4.69) is 15.5 Å². The van der Waals surface area contributed by atoms with E-state index < -0.39 is 5.97 Å². The van der Waals surface area contributed by atoms with E-state index in [1.54, 1.807) is 7.05 Å². The van der Waals surface area contributed by atoms with E-state index in [4.69, 9.17) is 5.11 Å². The Balaban J connectivity index is 2.47. The summed E-state index contributed by atoms with van der Waals surface area (Å²) < 4.78 is 0.668. The van der Waals surface area contributed by atoms with Crippen LogP contribution in [-0.2, 0) is 4.79 Å². The van der Waals surface area contributed by atoms with Crippen molar-refractivity contribution in [1.29, 1.82) is 0 Å². The maximum atomic E-state index is 10.2. The molecule has 1 heterocycles. The molecule has 2 N–H and O–H groups in total. The van der Waals surface area contributed by atoms with Gasteiger partial charge in [0.15, 0.2) is 4.34 Å². The molecule has 0 aliphatic rings. The minimum atomic E-state index is -0.846. The summed E-state index contributed by atoms with van der Waals surface area (Å²) in [5.41, 5.74) is 0. The fraction of sp³-hybridized carbons (Fsp3) is 0.400. The highest BCUT2D eigenvalue weighted by Crippen LogP contribution is 2.24. The Hall–Kier alpha value is -0.820. The number of carboxylic acid groups (broad SMARTS) is 1. The summed E-state index contributed by atoms with van der Waals surface area (Å²) in [6, 6.07) is 0. The Bertz CT molecular complexity index is 275. The Labute approximate surface area is 77.2 Å². The maximum Gasteiger partial charge on any atom is 0.313 e. The summed E-state index contributed by atoms with van der Waals surface area (Å²) in [6.07, 6.45) is 0. The lowest BCUT2D eigenvalue weighted by Gasteiger charge is -1.88. The van der Waals surface area contributed by atoms with E-state index >= 15 is 0 Å². The molecule has 0 saturated heterocycles. The zero-order valence-electron chi connectivity index (χ0n) is 6.27. The van der Waals surface area contributed by atoms with Gasteiger partial charge in [-0.25, -0.2) is 0 Å². The first-order valence-electron chi connectivity index (χ1n) is 3.08. The number of nitrogens with zero attached hydrogens (tertiary/aromatic N) is 2. The van der Waals surface area contributed by atoms with Crippen LogP contribution in [0.5, 0.6) is 0 Å². The van der Waals surface area contributed by atoms with Crippen molar-refractivity contribution in [2.75, 3.05) is 18.1 Å². The minimum absolute atomic E-state index is 0.0261. The van der Waals surface area contributed by atoms with E-state index in [0.29, 0.717) is 9.47 Å². The SMILES string of the molecule is CNc1nnc(SCC(=O)O)s1. The minimum Gasteiger partial charge on any atom is -0.481 e. The number of anilines is 1. The van der Waals surface area contributed by atoms with Gasteiger partial charge in [-0.05, 0) is 0 Å². The van der Waals surface area contributed by atoms with Gasteiger partial charge in [0.2, 0.25) is 5.13 Å². The monoisotopic (exact) mass is 205 g/mol. The van der Waals surface area contributed by atoms with Crippen molar-refractivity contribution < 1.29 is 9.90 Å². The molecule has 0 spiro atoms. The first kappa shape index (κ1) is 9.27. The van der Waals surface area contributed by atoms with Crippen LogP contribution in [0.3, 0.4) is 0 Å². The summed E-state index contributed by atoms with van der Waals surface area (Å²) in [4.78, 5) is 10.2. The van der Waals surface area contributed by atoms with Crippen LogP contribution in [0.15, 0.2) is 4.34 Å². The van der Waals surface area contributed by atoms with Crippen molar-refractivity contribution in [2.24, 2.45) is 0 Å². The highest BCUT2D eigenvalue weighted by molar-refractivity contribution is 8.01. The number of thioether (sulfide) groups is 1. The zero-order valence-corrected chi connectivity index (χ0v) is 7.91. The lowest BCUT2D eigenvalue weighted by atomic mass is 10.8. The number of hydrogen-bond donors (Lipinski definition) is 2. The van der Waals surface area contributed by atoms with Crippen LogP contribution in [0.2, 0.25) is 0 Å². The normalized spacial score (nSPS) is 9.75. The van der Waals surface area contributed by atoms with Crippen molar-refractivity contribution in [2.45, 2.75) is 4.34 Å². The molecule has 0 aliphatic carbocycles. The van der Waals surface area contributed by atoms with Crippen LogP contribution in [0, 0.1) is 0 Å². The van der Waals surface area contributed by atoms with Crippen LogP contribution < -0.4 is 5.32 Å². The molecule has 0 saturated carbocycles. The number of rotatable bonds is 4. The van der Waals surface area contributed by atoms with Crippen molar-refractivity contribution in [3.63, 3.8) is 0 Å². The lowest BCUT2D eigenvalue weighted by Crippen LogP contribution is -1.96. The molecule has 0 atom stereocenters. The molecule has 0 aromatic carbocycles. The molecule has 1 rings (SSSR count). The highest BCUT2D eigenvalue weighted by Gasteiger charge is 2.05. The Morgan fingerprint density at radius 3 is 3.00 bits per heavy atom. The number of carbonyl (C=O) groups is 1. The van der Waals surface area contributed by atoms with Gasteiger partial charge < -0.3 is 10.4 Å². The number of hydrogen-bond acceptors (Lipinski definition) is 6. The molecule has 0 fully saturated rings. The number of aromatic nitrogens is 2. The number of aliphatic carboxylic acids is 1. The molecular formula is C5H7N3O2S2. The fourth-order valence-corrected chi connectivity index (χ4v) is 1.92. The summed E-state index contributed by atoms with van der Waals surface area (Å²) >= 11 is 2.51. The van der Waals surface area contributed by atoms with Crippen molar-refractivity contribution in [3.05, 3.63) is 0 Å². The third-order valence-electron chi connectivity index (χ3n) is 0.939. The van der Waals surface area contributed by atoms with Gasteiger partial charge >= 0.3 is 5.97 Å². The third kappa shape index (κ3) is 2.67. The quantitative estimate of drug-likeness (QED) is 0.707. The molecule has 5 nitrogen and oxygen atoms in total. The Morgan fingerprint density at radius 2 is 2.50 bits per heavy atom. The van der Waals surface area contributed by atoms with E-state index in [1.807, 2.05) is 0 Å². The average molecular weight is 205 g/mol. The van der Waals surface area contributed by atoms with E-state index in [1.165, 1.54) is 23.1 Å². The predicted molar refractivity (Wildman–Crippen MR) is 47.8 cm³/mol. The Morgan fingerprint density at radius 1 is 1.75 bits per heavy atom. The van der Waals surface area contributed by atoms with Gasteiger partial charge in [0.1, 0.15) is 0 Å². The molecular weight excluding hydrogens is 198 g/mol. The van der Waals surface area contributed by atoms with Crippen LogP contribution in [-0.4, -0.2) is 34.1 Å². The van der Waals surface area contributed by atoms with Crippen molar-refractivity contribution >= 4 is 34.2 Å². The topological polar surface area (TPSA) is 75.1 Å². The summed E-state index contributed by atoms with van der Waals surface area (Å²) in [6.45, 7) is 0. The molecule has 1 aromatic heterocycles. The highest BCUT2D eigenvalue weighted by atomic mass is 32.2. The molecule has 0 bridgehead atoms. The van der Waals surface area contributed by atoms with Crippen LogP contribution in [0.4, 0.5) is 5.13 Å². The van der Waals surface area contributed by atoms with Crippen molar-refractivity contribution in [3.8, 4) is 0 Å². The molecule has 0 radical (unpaired) electrons. The molecule has 1 aromatic rings. The zero-order chi connectivity index (χ0) is 8.97. The molecule has 0 unspecified atom stereocenters. The van der Waals surface area contributed by atoms with Crippen LogP contribution in [0.25, 0.3) is 0 Å². The van der Waals surface area contributed by atoms with E-state index in [0.717, 1.165) is 0 Å². The number of carboxylic acids is 1. The molecule has 0 amide bonds. The summed E-state index contributed by atoms with van der Waals surface area (Å²) in [5, 5.41) is 19.4. The maximum absolute atomic E-state index is 10.2. The van der Waals surface area contributed by atoms with Gasteiger partial charge in [0.25, 0.3) is 0 Å². The summed E-state index contributed by atoms with van der Waals surface area (Å²) in [7, 11) is 1.74. The van der Waals surface area contributed by atoms with Gasteiger partial charge in [0, 0.05) is 7.05 Å². The fourth-order valence-electron chi connectivity index (χ4n) is 0.493. The lowest BCUT2D eigenvalue weighted by molar-refractivity contribution is -0.133. The average Bonchev–Trinajstić information content (AvgIpc) is 2.48. The smallest absolute Gasteiger partial charge is 0.313 e. The van der Waals surface area contributed by atoms with Gasteiger partial charge in [0.05, 0.1) is 5.75 Å². The molecule has 7 heteroatoms. The van der Waals surface area contributed by atoms with E-state index in [-0.39, 0.29) is 5.75 Å². The Kier molecular flexibility index (Phi) is 3.30. The molecule has 66 valence electrons. The first-order chi connectivity index (χ1) is 5.72. The second-order valence-corrected chi connectivity index (χ2v) is 4.01. The molecule has 0 aliphatic heterocycles. The third-order valence-corrected chi connectivity index (χ3v) is 3.00. The first-order valence-corrected chi connectivity index (χ1v) is 4.88. The predicted octanol–water partition coefficient (Wildman–Crippen LogP) is 0.756. The van der Waals surface area contributed by atoms with Crippen LogP contribution >= 0.6 is 23.1 Å². The van der Waals surface area contributed by atoms with Gasteiger partial charge in [-0.2, -0.15) is 0 Å². The second kappa shape index (κ2) is 4.27. The number of nitrogens with one attached hydrogen (secondary N) is 1. The summed E-state index contributed by atoms with van der Waals surface area (Å²) in [5.74, 6) is -0.820. The second-order valence-electron chi connectivity index (χ2n) is 1.81. The van der Waals surface area contributed by atoms with Crippen molar-refractivity contribution in [1.82, 2.24) is 10.2 Å². The molecule has 12 heavy (non-hydrogen) atoms. The van der Waals surface area contributed by atoms with Gasteiger partial charge in [-0.3, -0.25) is 4.79 Å². The standard InChI is InChI=1S/C5H7N3O2S2/c1-6-4-7-8-5(12-4)11-2-3(9)10/h2H2,1H3,(H,6,7)(H,9,10). The van der Waals surface area contributed by atoms with Gasteiger partial charge in [-0.1, -0.05) is 23.1 Å². The van der Waals surface area contributed by atoms with E-state index in [9.17, 15) is 4.79 Å².